The molecule has 4 aromatic rings. The Labute approximate surface area is 312 Å². The van der Waals surface area contributed by atoms with E-state index in [2.05, 4.69) is 32.7 Å². The molecule has 3 N–H and O–H groups in total. The Balaban J connectivity index is 1.08. The van der Waals surface area contributed by atoms with E-state index in [1.807, 2.05) is 36.4 Å². The van der Waals surface area contributed by atoms with Crippen molar-refractivity contribution >= 4 is 35.1 Å². The smallest absolute Gasteiger partial charge is 0.307 e. The molecular weight excluding hydrogens is 705 g/mol. The van der Waals surface area contributed by atoms with Gasteiger partial charge in [0.05, 0.1) is 30.9 Å². The van der Waals surface area contributed by atoms with Crippen LogP contribution in [0, 0.1) is 5.92 Å². The number of benzene rings is 2. The van der Waals surface area contributed by atoms with E-state index in [0.717, 1.165) is 58.2 Å². The summed E-state index contributed by atoms with van der Waals surface area (Å²) >= 11 is 13.9. The number of nitrogens with zero attached hydrogens (tertiary/aromatic N) is 3. The molecule has 1 aliphatic carbocycles. The number of halogens is 2. The predicted molar refractivity (Wildman–Crippen MR) is 198 cm³/mol. The minimum atomic E-state index is -0.773. The molecule has 2 saturated heterocycles. The van der Waals surface area contributed by atoms with E-state index >= 15 is 0 Å². The van der Waals surface area contributed by atoms with Crippen molar-refractivity contribution in [3.63, 3.8) is 0 Å². The number of carbonyl (C=O) groups excluding carboxylic acids is 1. The molecule has 0 saturated carbocycles. The lowest BCUT2D eigenvalue weighted by molar-refractivity contribution is -0.141. The summed E-state index contributed by atoms with van der Waals surface area (Å²) < 4.78 is 17.8. The Kier molecular flexibility index (Phi) is 10.8. The second-order valence-electron chi connectivity index (χ2n) is 13.5. The van der Waals surface area contributed by atoms with E-state index in [1.165, 1.54) is 0 Å². The van der Waals surface area contributed by atoms with E-state index in [-0.39, 0.29) is 24.0 Å². The third-order valence-electron chi connectivity index (χ3n) is 10.1. The number of aromatic nitrogens is 2. The number of hydrogen-bond acceptors (Lipinski definition) is 9. The van der Waals surface area contributed by atoms with E-state index in [0.29, 0.717) is 78.9 Å². The van der Waals surface area contributed by atoms with Gasteiger partial charge in [-0.25, -0.2) is 4.98 Å². The van der Waals surface area contributed by atoms with Crippen LogP contribution in [0.5, 0.6) is 17.6 Å². The van der Waals surface area contributed by atoms with Crippen molar-refractivity contribution in [1.82, 2.24) is 25.5 Å². The molecule has 3 aliphatic rings. The molecule has 2 aliphatic heterocycles. The molecular formula is C39H41Cl2N5O6. The number of rotatable bonds is 13. The van der Waals surface area contributed by atoms with Crippen molar-refractivity contribution in [2.24, 2.45) is 5.92 Å². The summed E-state index contributed by atoms with van der Waals surface area (Å²) in [7, 11) is 3.16. The van der Waals surface area contributed by atoms with Crippen molar-refractivity contribution in [1.29, 1.82) is 0 Å². The van der Waals surface area contributed by atoms with Crippen molar-refractivity contribution < 1.29 is 28.9 Å². The second kappa shape index (κ2) is 15.7. The molecule has 2 fully saturated rings. The van der Waals surface area contributed by atoms with E-state index in [4.69, 9.17) is 42.4 Å². The number of carboxylic acids is 1. The molecule has 11 nitrogen and oxygen atoms in total. The first-order valence-electron chi connectivity index (χ1n) is 17.5. The first-order valence-corrected chi connectivity index (χ1v) is 18.3. The van der Waals surface area contributed by atoms with Gasteiger partial charge in [0.1, 0.15) is 11.1 Å². The number of pyridine rings is 2. The Morgan fingerprint density at radius 2 is 1.71 bits per heavy atom. The van der Waals surface area contributed by atoms with E-state index < -0.39 is 5.97 Å². The zero-order valence-corrected chi connectivity index (χ0v) is 30.6. The molecule has 0 unspecified atom stereocenters. The highest BCUT2D eigenvalue weighted by molar-refractivity contribution is 6.36. The summed E-state index contributed by atoms with van der Waals surface area (Å²) in [6.45, 7) is 2.88. The van der Waals surface area contributed by atoms with E-state index in [9.17, 15) is 14.7 Å². The van der Waals surface area contributed by atoms with Crippen LogP contribution in [0.25, 0.3) is 22.4 Å². The topological polar surface area (TPSA) is 135 Å². The average Bonchev–Trinajstić information content (AvgIpc) is 3.90. The Morgan fingerprint density at radius 1 is 0.942 bits per heavy atom. The number of hydrogen-bond donors (Lipinski definition) is 3. The van der Waals surface area contributed by atoms with Gasteiger partial charge in [0.15, 0.2) is 0 Å². The highest BCUT2D eigenvalue weighted by Crippen LogP contribution is 2.45. The fraction of sp³-hybridized carbons (Fsp3) is 0.385. The number of likely N-dealkylation sites (tertiary alicyclic amines) is 1. The predicted octanol–water partition coefficient (Wildman–Crippen LogP) is 6.48. The average molecular weight is 747 g/mol. The number of nitrogens with one attached hydrogen (secondary N) is 2. The monoisotopic (exact) mass is 745 g/mol. The SMILES string of the molecule is COc1nc(-c2cccc(-c3cccc4c3CC[C@@H]4Oc3nc(OC)c(CN4CC[C@@H](C(=O)O)C4)cc3Cl)c2Cl)ccc1CNC[C@@H]1CCC(=O)N1. The number of methoxy groups -OCH3 is 2. The molecule has 2 aromatic carbocycles. The molecule has 0 spiro atoms. The largest absolute Gasteiger partial charge is 0.481 e. The zero-order chi connectivity index (χ0) is 36.4. The van der Waals surface area contributed by atoms with Gasteiger partial charge in [0.25, 0.3) is 0 Å². The molecule has 4 heterocycles. The second-order valence-corrected chi connectivity index (χ2v) is 14.3. The van der Waals surface area contributed by atoms with Crippen LogP contribution in [0.15, 0.2) is 54.6 Å². The van der Waals surface area contributed by atoms with Crippen LogP contribution in [0.3, 0.4) is 0 Å². The van der Waals surface area contributed by atoms with Crippen LogP contribution >= 0.6 is 23.2 Å². The molecule has 0 bridgehead atoms. The van der Waals surface area contributed by atoms with Crippen molar-refractivity contribution in [2.75, 3.05) is 33.9 Å². The third-order valence-corrected chi connectivity index (χ3v) is 10.8. The highest BCUT2D eigenvalue weighted by atomic mass is 35.5. The summed E-state index contributed by atoms with van der Waals surface area (Å²) in [6, 6.07) is 18.0. The fourth-order valence-electron chi connectivity index (χ4n) is 7.49. The van der Waals surface area contributed by atoms with Gasteiger partial charge in [-0.1, -0.05) is 65.7 Å². The first kappa shape index (κ1) is 36.0. The Hall–Kier alpha value is -4.42. The summed E-state index contributed by atoms with van der Waals surface area (Å²) in [5.74, 6) is 0.165. The standard InChI is InChI=1S/C39H41Cl2N5O6/c1-50-36-22(18-42-19-25-10-14-34(47)43-25)9-12-32(44-36)30-8-4-7-29(35(30)41)26-5-3-6-28-27(26)11-13-33(28)52-38-31(40)17-24(37(45-38)51-2)21-46-16-15-23(20-46)39(48)49/h3-9,12,17,23,25,33,42H,10-11,13-16,18-21H2,1-2H3,(H,43,47)(H,48,49)/t23-,25+,33+/m1/s1. The molecule has 0 radical (unpaired) electrons. The number of fused-ring (bicyclic) bond motifs is 1. The fourth-order valence-corrected chi connectivity index (χ4v) is 8.03. The van der Waals surface area contributed by atoms with Crippen molar-refractivity contribution in [3.8, 4) is 40.0 Å². The van der Waals surface area contributed by atoms with Crippen LogP contribution in [-0.2, 0) is 29.1 Å². The summed E-state index contributed by atoms with van der Waals surface area (Å²) in [5.41, 5.74) is 7.32. The number of carboxylic acid groups (broad SMARTS) is 1. The van der Waals surface area contributed by atoms with Crippen LogP contribution in [0.1, 0.15) is 54.0 Å². The maximum absolute atomic E-state index is 11.5. The van der Waals surface area contributed by atoms with Gasteiger partial charge in [-0.2, -0.15) is 4.98 Å². The number of carbonyl (C=O) groups is 2. The number of amides is 1. The quantitative estimate of drug-likeness (QED) is 0.140. The van der Waals surface area contributed by atoms with E-state index in [1.54, 1.807) is 20.3 Å². The lowest BCUT2D eigenvalue weighted by Gasteiger charge is -2.20. The Bertz CT molecular complexity index is 1990. The first-order chi connectivity index (χ1) is 25.2. The van der Waals surface area contributed by atoms with Crippen LogP contribution < -0.4 is 24.8 Å². The molecule has 7 rings (SSSR count). The van der Waals surface area contributed by atoms with Gasteiger partial charge >= 0.3 is 5.97 Å². The molecule has 3 atom stereocenters. The highest BCUT2D eigenvalue weighted by Gasteiger charge is 2.31. The molecule has 1 amide bonds. The molecule has 52 heavy (non-hydrogen) atoms. The maximum Gasteiger partial charge on any atom is 0.307 e. The minimum absolute atomic E-state index is 0.0991. The lowest BCUT2D eigenvalue weighted by Crippen LogP contribution is -2.35. The number of aliphatic carboxylic acids is 1. The Morgan fingerprint density at radius 3 is 2.46 bits per heavy atom. The number of ether oxygens (including phenoxy) is 3. The molecule has 2 aromatic heterocycles. The lowest BCUT2D eigenvalue weighted by atomic mass is 9.94. The van der Waals surface area contributed by atoms with Crippen molar-refractivity contribution in [2.45, 2.75) is 57.3 Å². The van der Waals surface area contributed by atoms with Gasteiger partial charge in [-0.05, 0) is 61.1 Å². The van der Waals surface area contributed by atoms with Gasteiger partial charge in [-0.3, -0.25) is 14.5 Å². The summed E-state index contributed by atoms with van der Waals surface area (Å²) in [5, 5.41) is 16.7. The van der Waals surface area contributed by atoms with Crippen molar-refractivity contribution in [3.05, 3.63) is 86.9 Å². The summed E-state index contributed by atoms with van der Waals surface area (Å²) in [4.78, 5) is 34.5. The van der Waals surface area contributed by atoms with Gasteiger partial charge in [0, 0.05) is 60.9 Å². The van der Waals surface area contributed by atoms with Crippen LogP contribution in [0.4, 0.5) is 0 Å². The normalized spacial score (nSPS) is 19.8. The summed E-state index contributed by atoms with van der Waals surface area (Å²) in [6.07, 6.45) is 3.26. The molecule has 272 valence electrons. The van der Waals surface area contributed by atoms with Gasteiger partial charge in [0.2, 0.25) is 23.5 Å². The van der Waals surface area contributed by atoms with Crippen LogP contribution in [-0.4, -0.2) is 71.7 Å². The molecule has 13 heteroatoms. The van der Waals surface area contributed by atoms with Gasteiger partial charge < -0.3 is 30.0 Å². The van der Waals surface area contributed by atoms with Gasteiger partial charge in [-0.15, -0.1) is 0 Å². The third kappa shape index (κ3) is 7.54. The van der Waals surface area contributed by atoms with Crippen LogP contribution in [0.2, 0.25) is 10.0 Å². The zero-order valence-electron chi connectivity index (χ0n) is 29.1. The maximum atomic E-state index is 11.5. The minimum Gasteiger partial charge on any atom is -0.481 e.